The largest absolute Gasteiger partial charge is 0.357 e. The monoisotopic (exact) mass is 398 g/mol. The molecule has 0 aliphatic rings. The number of carbonyl (C=O) groups is 1. The molecule has 0 bridgehead atoms. The third kappa shape index (κ3) is 13.9. The van der Waals surface area contributed by atoms with Gasteiger partial charge in [0.05, 0.1) is 0 Å². The average molecular weight is 398 g/mol. The second-order valence-electron chi connectivity index (χ2n) is 4.53. The van der Waals surface area contributed by atoms with Crippen LogP contribution in [0.5, 0.6) is 0 Å². The van der Waals surface area contributed by atoms with Crippen LogP contribution in [0.3, 0.4) is 0 Å². The van der Waals surface area contributed by atoms with E-state index in [1.165, 1.54) is 19.3 Å². The first-order valence-corrected chi connectivity index (χ1v) is 7.53. The molecule has 5 nitrogen and oxygen atoms in total. The van der Waals surface area contributed by atoms with E-state index < -0.39 is 0 Å². The van der Waals surface area contributed by atoms with Gasteiger partial charge in [-0.2, -0.15) is 0 Å². The lowest BCUT2D eigenvalue weighted by Gasteiger charge is -2.11. The van der Waals surface area contributed by atoms with Crippen molar-refractivity contribution < 1.29 is 4.79 Å². The van der Waals surface area contributed by atoms with Crippen molar-refractivity contribution in [1.82, 2.24) is 16.0 Å². The Hall–Kier alpha value is -0.530. The fourth-order valence-electron chi connectivity index (χ4n) is 1.57. The molecule has 0 saturated heterocycles. The molecule has 0 aromatic heterocycles. The molecule has 0 rings (SSSR count). The third-order valence-corrected chi connectivity index (χ3v) is 2.62. The minimum atomic E-state index is -0.0231. The van der Waals surface area contributed by atoms with Crippen molar-refractivity contribution in [1.29, 1.82) is 0 Å². The van der Waals surface area contributed by atoms with E-state index in [9.17, 15) is 4.79 Å². The summed E-state index contributed by atoms with van der Waals surface area (Å²) in [6, 6.07) is 0. The molecule has 0 spiro atoms. The average Bonchev–Trinajstić information content (AvgIpc) is 2.42. The molecule has 0 heterocycles. The van der Waals surface area contributed by atoms with Crippen LogP contribution in [-0.4, -0.2) is 38.0 Å². The minimum absolute atomic E-state index is 0. The summed E-state index contributed by atoms with van der Waals surface area (Å²) >= 11 is 0. The van der Waals surface area contributed by atoms with Gasteiger partial charge in [-0.3, -0.25) is 4.79 Å². The van der Waals surface area contributed by atoms with Crippen molar-refractivity contribution >= 4 is 35.8 Å². The first-order chi connectivity index (χ1) is 9.24. The lowest BCUT2D eigenvalue weighted by molar-refractivity contribution is -0.119. The SMILES string of the molecule is CCCCCCNC(=NCC(=O)NCCC)NCC.I. The van der Waals surface area contributed by atoms with Gasteiger partial charge in [-0.25, -0.2) is 4.99 Å². The summed E-state index contributed by atoms with van der Waals surface area (Å²) < 4.78 is 0. The molecule has 0 aromatic carbocycles. The fraction of sp³-hybridized carbons (Fsp3) is 0.857. The minimum Gasteiger partial charge on any atom is -0.357 e. The Morgan fingerprint density at radius 3 is 2.25 bits per heavy atom. The number of guanidine groups is 1. The zero-order chi connectivity index (χ0) is 14.3. The standard InChI is InChI=1S/C14H30N4O.HI/c1-4-7-8-9-11-17-14(15-6-3)18-12-13(19)16-10-5-2;/h4-12H2,1-3H3,(H,16,19)(H2,15,17,18);1H. The smallest absolute Gasteiger partial charge is 0.241 e. The highest BCUT2D eigenvalue weighted by Gasteiger charge is 2.00. The first-order valence-electron chi connectivity index (χ1n) is 7.53. The first kappa shape index (κ1) is 21.8. The van der Waals surface area contributed by atoms with Crippen molar-refractivity contribution in [3.05, 3.63) is 0 Å². The van der Waals surface area contributed by atoms with Crippen LogP contribution in [0.1, 0.15) is 52.9 Å². The Labute approximate surface area is 140 Å². The molecule has 0 atom stereocenters. The normalized spacial score (nSPS) is 10.7. The number of aliphatic imine (C=N–C) groups is 1. The third-order valence-electron chi connectivity index (χ3n) is 2.62. The Balaban J connectivity index is 0. The maximum atomic E-state index is 11.5. The molecular weight excluding hydrogens is 367 g/mol. The molecule has 0 aliphatic carbocycles. The summed E-state index contributed by atoms with van der Waals surface area (Å²) in [6.45, 7) is 8.87. The maximum absolute atomic E-state index is 11.5. The van der Waals surface area contributed by atoms with E-state index in [0.717, 1.165) is 38.4 Å². The van der Waals surface area contributed by atoms with Crippen molar-refractivity contribution in [3.8, 4) is 0 Å². The van der Waals surface area contributed by atoms with Crippen molar-refractivity contribution in [3.63, 3.8) is 0 Å². The fourth-order valence-corrected chi connectivity index (χ4v) is 1.57. The molecule has 0 aromatic rings. The number of unbranched alkanes of at least 4 members (excludes halogenated alkanes) is 3. The number of hydrogen-bond acceptors (Lipinski definition) is 2. The van der Waals surface area contributed by atoms with E-state index in [4.69, 9.17) is 0 Å². The van der Waals surface area contributed by atoms with Gasteiger partial charge in [0.15, 0.2) is 5.96 Å². The van der Waals surface area contributed by atoms with Crippen molar-refractivity contribution in [2.24, 2.45) is 4.99 Å². The molecule has 3 N–H and O–H groups in total. The molecule has 6 heteroatoms. The van der Waals surface area contributed by atoms with Gasteiger partial charge in [0.2, 0.25) is 5.91 Å². The molecule has 120 valence electrons. The lowest BCUT2D eigenvalue weighted by Crippen LogP contribution is -2.39. The van der Waals surface area contributed by atoms with Crippen molar-refractivity contribution in [2.75, 3.05) is 26.2 Å². The molecule has 0 radical (unpaired) electrons. The summed E-state index contributed by atoms with van der Waals surface area (Å²) in [5.74, 6) is 0.704. The van der Waals surface area contributed by atoms with Gasteiger partial charge in [0.1, 0.15) is 6.54 Å². The summed E-state index contributed by atoms with van der Waals surface area (Å²) in [4.78, 5) is 15.7. The summed E-state index contributed by atoms with van der Waals surface area (Å²) in [6.07, 6.45) is 5.84. The van der Waals surface area contributed by atoms with Gasteiger partial charge in [-0.05, 0) is 19.8 Å². The highest BCUT2D eigenvalue weighted by Crippen LogP contribution is 1.96. The van der Waals surface area contributed by atoms with Crippen LogP contribution in [-0.2, 0) is 4.79 Å². The predicted molar refractivity (Wildman–Crippen MR) is 96.8 cm³/mol. The van der Waals surface area contributed by atoms with Gasteiger partial charge in [-0.15, -0.1) is 24.0 Å². The Morgan fingerprint density at radius 1 is 0.900 bits per heavy atom. The number of halogens is 1. The van der Waals surface area contributed by atoms with Gasteiger partial charge in [0.25, 0.3) is 0 Å². The molecule has 1 amide bonds. The van der Waals surface area contributed by atoms with E-state index in [1.54, 1.807) is 0 Å². The predicted octanol–water partition coefficient (Wildman–Crippen LogP) is 2.27. The van der Waals surface area contributed by atoms with E-state index in [-0.39, 0.29) is 36.4 Å². The van der Waals surface area contributed by atoms with Gasteiger partial charge in [0, 0.05) is 19.6 Å². The number of carbonyl (C=O) groups excluding carboxylic acids is 1. The number of rotatable bonds is 10. The summed E-state index contributed by atoms with van der Waals surface area (Å²) in [5.41, 5.74) is 0. The summed E-state index contributed by atoms with van der Waals surface area (Å²) in [5, 5.41) is 9.21. The highest BCUT2D eigenvalue weighted by molar-refractivity contribution is 14.0. The topological polar surface area (TPSA) is 65.5 Å². The molecule has 0 fully saturated rings. The Morgan fingerprint density at radius 2 is 1.65 bits per heavy atom. The van der Waals surface area contributed by atoms with Crippen molar-refractivity contribution in [2.45, 2.75) is 52.9 Å². The van der Waals surface area contributed by atoms with Gasteiger partial charge in [-0.1, -0.05) is 33.1 Å². The molecular formula is C14H31IN4O. The van der Waals surface area contributed by atoms with E-state index in [2.05, 4.69) is 27.9 Å². The number of nitrogens with zero attached hydrogens (tertiary/aromatic N) is 1. The Kier molecular flexibility index (Phi) is 18.0. The van der Waals surface area contributed by atoms with Crippen LogP contribution in [0.15, 0.2) is 4.99 Å². The van der Waals surface area contributed by atoms with E-state index in [0.29, 0.717) is 0 Å². The zero-order valence-corrected chi connectivity index (χ0v) is 15.5. The van der Waals surface area contributed by atoms with Crippen LogP contribution in [0, 0.1) is 0 Å². The quantitative estimate of drug-likeness (QED) is 0.229. The molecule has 20 heavy (non-hydrogen) atoms. The second-order valence-corrected chi connectivity index (χ2v) is 4.53. The lowest BCUT2D eigenvalue weighted by atomic mass is 10.2. The number of nitrogens with one attached hydrogen (secondary N) is 3. The summed E-state index contributed by atoms with van der Waals surface area (Å²) in [7, 11) is 0. The van der Waals surface area contributed by atoms with E-state index >= 15 is 0 Å². The molecule has 0 saturated carbocycles. The van der Waals surface area contributed by atoms with E-state index in [1.807, 2.05) is 13.8 Å². The second kappa shape index (κ2) is 16.5. The van der Waals surface area contributed by atoms with Gasteiger partial charge < -0.3 is 16.0 Å². The number of amides is 1. The highest BCUT2D eigenvalue weighted by atomic mass is 127. The number of hydrogen-bond donors (Lipinski definition) is 3. The van der Waals surface area contributed by atoms with Crippen LogP contribution in [0.4, 0.5) is 0 Å². The maximum Gasteiger partial charge on any atom is 0.241 e. The zero-order valence-electron chi connectivity index (χ0n) is 13.1. The van der Waals surface area contributed by atoms with Crippen LogP contribution in [0.2, 0.25) is 0 Å². The van der Waals surface area contributed by atoms with Crippen LogP contribution < -0.4 is 16.0 Å². The molecule has 0 unspecified atom stereocenters. The Bertz CT molecular complexity index is 260. The molecule has 0 aliphatic heterocycles. The van der Waals surface area contributed by atoms with Gasteiger partial charge >= 0.3 is 0 Å². The van der Waals surface area contributed by atoms with Crippen LogP contribution >= 0.6 is 24.0 Å². The van der Waals surface area contributed by atoms with Crippen LogP contribution in [0.25, 0.3) is 0 Å².